The molecule has 1 aliphatic heterocycles. The minimum atomic E-state index is -0.271. The molecule has 0 aliphatic carbocycles. The summed E-state index contributed by atoms with van der Waals surface area (Å²) in [6.07, 6.45) is 3.44. The highest BCUT2D eigenvalue weighted by atomic mass is 19.1. The van der Waals surface area contributed by atoms with Crippen molar-refractivity contribution in [1.82, 2.24) is 19.6 Å². The van der Waals surface area contributed by atoms with Crippen LogP contribution in [0.5, 0.6) is 5.75 Å². The van der Waals surface area contributed by atoms with Gasteiger partial charge in [-0.2, -0.15) is 5.10 Å². The van der Waals surface area contributed by atoms with Crippen LogP contribution in [0.15, 0.2) is 60.9 Å². The Labute approximate surface area is 175 Å². The van der Waals surface area contributed by atoms with Crippen molar-refractivity contribution in [3.63, 3.8) is 0 Å². The van der Waals surface area contributed by atoms with E-state index < -0.39 is 0 Å². The number of rotatable bonds is 6. The molecule has 3 aromatic rings. The first-order valence-corrected chi connectivity index (χ1v) is 10.0. The summed E-state index contributed by atoms with van der Waals surface area (Å²) < 4.78 is 20.7. The maximum absolute atomic E-state index is 13.6. The van der Waals surface area contributed by atoms with Gasteiger partial charge in [-0.3, -0.25) is 14.4 Å². The minimum absolute atomic E-state index is 0.00250. The van der Waals surface area contributed by atoms with Gasteiger partial charge in [0.25, 0.3) is 5.91 Å². The lowest BCUT2D eigenvalue weighted by Crippen LogP contribution is -2.48. The highest BCUT2D eigenvalue weighted by molar-refractivity contribution is 5.93. The van der Waals surface area contributed by atoms with Gasteiger partial charge in [0.15, 0.2) is 0 Å². The van der Waals surface area contributed by atoms with Gasteiger partial charge < -0.3 is 9.64 Å². The summed E-state index contributed by atoms with van der Waals surface area (Å²) >= 11 is 0. The van der Waals surface area contributed by atoms with Crippen molar-refractivity contribution in [2.75, 3.05) is 33.3 Å². The zero-order valence-electron chi connectivity index (χ0n) is 17.0. The summed E-state index contributed by atoms with van der Waals surface area (Å²) in [6.45, 7) is 3.93. The molecule has 1 fully saturated rings. The topological polar surface area (TPSA) is 50.6 Å². The lowest BCUT2D eigenvalue weighted by Gasteiger charge is -2.34. The van der Waals surface area contributed by atoms with E-state index in [-0.39, 0.29) is 11.7 Å². The second-order valence-electron chi connectivity index (χ2n) is 7.44. The number of hydrogen-bond acceptors (Lipinski definition) is 4. The van der Waals surface area contributed by atoms with Crippen LogP contribution in [0.25, 0.3) is 0 Å². The van der Waals surface area contributed by atoms with Gasteiger partial charge in [0.1, 0.15) is 11.6 Å². The molecule has 0 unspecified atom stereocenters. The number of benzene rings is 2. The highest BCUT2D eigenvalue weighted by Crippen LogP contribution is 2.22. The Bertz CT molecular complexity index is 997. The van der Waals surface area contributed by atoms with Crippen molar-refractivity contribution < 1.29 is 13.9 Å². The minimum Gasteiger partial charge on any atom is -0.496 e. The average molecular weight is 408 g/mol. The van der Waals surface area contributed by atoms with Gasteiger partial charge in [-0.15, -0.1) is 0 Å². The summed E-state index contributed by atoms with van der Waals surface area (Å²) in [4.78, 5) is 16.9. The molecular formula is C23H25FN4O2. The quantitative estimate of drug-likeness (QED) is 0.629. The van der Waals surface area contributed by atoms with Gasteiger partial charge >= 0.3 is 0 Å². The third-order valence-electron chi connectivity index (χ3n) is 5.36. The first-order chi connectivity index (χ1) is 14.6. The van der Waals surface area contributed by atoms with Gasteiger partial charge in [0.05, 0.1) is 25.4 Å². The number of carbonyl (C=O) groups excluding carboxylic acids is 1. The van der Waals surface area contributed by atoms with E-state index in [1.54, 1.807) is 30.3 Å². The lowest BCUT2D eigenvalue weighted by molar-refractivity contribution is 0.0627. The van der Waals surface area contributed by atoms with E-state index in [0.717, 1.165) is 24.2 Å². The number of amides is 1. The number of ether oxygens (including phenoxy) is 1. The van der Waals surface area contributed by atoms with Crippen LogP contribution in [-0.2, 0) is 13.1 Å². The smallest absolute Gasteiger partial charge is 0.257 e. The van der Waals surface area contributed by atoms with Crippen LogP contribution in [0.2, 0.25) is 0 Å². The van der Waals surface area contributed by atoms with Crippen LogP contribution in [0, 0.1) is 5.82 Å². The second kappa shape index (κ2) is 9.09. The second-order valence-corrected chi connectivity index (χ2v) is 7.44. The molecule has 1 aliphatic rings. The summed E-state index contributed by atoms with van der Waals surface area (Å²) in [5.41, 5.74) is 2.56. The summed E-state index contributed by atoms with van der Waals surface area (Å²) in [5, 5.41) is 4.33. The molecule has 1 aromatic heterocycles. The maximum Gasteiger partial charge on any atom is 0.257 e. The predicted octanol–water partition coefficient (Wildman–Crippen LogP) is 3.04. The molecule has 6 nitrogen and oxygen atoms in total. The van der Waals surface area contributed by atoms with Gasteiger partial charge in [-0.1, -0.05) is 30.3 Å². The first kappa shape index (κ1) is 20.1. The normalized spacial score (nSPS) is 14.7. The molecule has 0 bridgehead atoms. The zero-order valence-corrected chi connectivity index (χ0v) is 17.0. The van der Waals surface area contributed by atoms with E-state index in [0.29, 0.717) is 37.5 Å². The molecular weight excluding hydrogens is 383 g/mol. The van der Waals surface area contributed by atoms with Crippen LogP contribution in [0.3, 0.4) is 0 Å². The molecule has 1 saturated heterocycles. The largest absolute Gasteiger partial charge is 0.496 e. The van der Waals surface area contributed by atoms with Gasteiger partial charge in [-0.25, -0.2) is 4.39 Å². The molecule has 2 aromatic carbocycles. The van der Waals surface area contributed by atoms with Crippen molar-refractivity contribution in [2.24, 2.45) is 0 Å². The summed E-state index contributed by atoms with van der Waals surface area (Å²) in [6, 6.07) is 14.6. The van der Waals surface area contributed by atoms with E-state index in [1.807, 2.05) is 35.2 Å². The fourth-order valence-electron chi connectivity index (χ4n) is 3.73. The Morgan fingerprint density at radius 2 is 1.83 bits per heavy atom. The number of nitrogens with zero attached hydrogens (tertiary/aromatic N) is 4. The van der Waals surface area contributed by atoms with Crippen LogP contribution < -0.4 is 4.74 Å². The van der Waals surface area contributed by atoms with Crippen LogP contribution in [0.1, 0.15) is 21.5 Å². The number of carbonyl (C=O) groups is 1. The number of methoxy groups -OCH3 is 1. The Kier molecular flexibility index (Phi) is 6.09. The number of hydrogen-bond donors (Lipinski definition) is 0. The molecule has 0 atom stereocenters. The van der Waals surface area contributed by atoms with Crippen molar-refractivity contribution in [3.05, 3.63) is 83.4 Å². The molecule has 4 rings (SSSR count). The molecule has 0 saturated carbocycles. The Hall–Kier alpha value is -3.19. The standard InChI is InChI=1S/C23H25FN4O2/c1-30-22-8-7-21(24)13-19(22)16-26-9-11-27(12-10-26)23(29)20-14-25-28(17-20)15-18-5-3-2-4-6-18/h2-8,13-14,17H,9-12,15-16H2,1H3. The van der Waals surface area contributed by atoms with E-state index in [4.69, 9.17) is 4.74 Å². The average Bonchev–Trinajstić information content (AvgIpc) is 3.23. The van der Waals surface area contributed by atoms with Gasteiger partial charge in [-0.05, 0) is 23.8 Å². The highest BCUT2D eigenvalue weighted by Gasteiger charge is 2.24. The third-order valence-corrected chi connectivity index (χ3v) is 5.36. The first-order valence-electron chi connectivity index (χ1n) is 10.0. The van der Waals surface area contributed by atoms with E-state index in [1.165, 1.54) is 12.1 Å². The predicted molar refractivity (Wildman–Crippen MR) is 112 cm³/mol. The summed E-state index contributed by atoms with van der Waals surface area (Å²) in [7, 11) is 1.59. The van der Waals surface area contributed by atoms with Gasteiger partial charge in [0.2, 0.25) is 0 Å². The molecule has 0 N–H and O–H groups in total. The van der Waals surface area contributed by atoms with E-state index in [2.05, 4.69) is 10.00 Å². The molecule has 2 heterocycles. The van der Waals surface area contributed by atoms with Crippen molar-refractivity contribution in [1.29, 1.82) is 0 Å². The fourth-order valence-corrected chi connectivity index (χ4v) is 3.73. The molecule has 1 amide bonds. The van der Waals surface area contributed by atoms with E-state index in [9.17, 15) is 9.18 Å². The molecule has 156 valence electrons. The van der Waals surface area contributed by atoms with E-state index >= 15 is 0 Å². The van der Waals surface area contributed by atoms with Crippen LogP contribution >= 0.6 is 0 Å². The number of halogens is 1. The van der Waals surface area contributed by atoms with Crippen LogP contribution in [0.4, 0.5) is 4.39 Å². The maximum atomic E-state index is 13.6. The van der Waals surface area contributed by atoms with Gasteiger partial charge in [0, 0.05) is 44.5 Å². The van der Waals surface area contributed by atoms with Crippen LogP contribution in [-0.4, -0.2) is 58.8 Å². The Morgan fingerprint density at radius 3 is 2.57 bits per heavy atom. The van der Waals surface area contributed by atoms with Crippen molar-refractivity contribution >= 4 is 5.91 Å². The zero-order chi connectivity index (χ0) is 20.9. The number of piperazine rings is 1. The molecule has 0 spiro atoms. The lowest BCUT2D eigenvalue weighted by atomic mass is 10.1. The van der Waals surface area contributed by atoms with Crippen molar-refractivity contribution in [3.8, 4) is 5.75 Å². The molecule has 30 heavy (non-hydrogen) atoms. The SMILES string of the molecule is COc1ccc(F)cc1CN1CCN(C(=O)c2cnn(Cc3ccccc3)c2)CC1. The fraction of sp³-hybridized carbons (Fsp3) is 0.304. The summed E-state index contributed by atoms with van der Waals surface area (Å²) in [5.74, 6) is 0.408. The molecule has 7 heteroatoms. The Morgan fingerprint density at radius 1 is 1.07 bits per heavy atom. The monoisotopic (exact) mass is 408 g/mol. The molecule has 0 radical (unpaired) electrons. The van der Waals surface area contributed by atoms with Crippen molar-refractivity contribution in [2.45, 2.75) is 13.1 Å². The number of aromatic nitrogens is 2. The third kappa shape index (κ3) is 4.68. The Balaban J connectivity index is 1.33.